The first-order valence-electron chi connectivity index (χ1n) is 8.65. The first-order chi connectivity index (χ1) is 10.7. The maximum Gasteiger partial charge on any atom is 0.239 e. The van der Waals surface area contributed by atoms with E-state index in [1.54, 1.807) is 0 Å². The molecule has 0 aromatic carbocycles. The number of nitrogens with zero attached hydrogens (tertiary/aromatic N) is 1. The molecule has 25 heavy (non-hydrogen) atoms. The summed E-state index contributed by atoms with van der Waals surface area (Å²) in [6.07, 6.45) is 4.63. The molecule has 3 atom stereocenters. The van der Waals surface area contributed by atoms with Gasteiger partial charge in [-0.1, -0.05) is 33.6 Å². The third kappa shape index (κ3) is 8.11. The van der Waals surface area contributed by atoms with E-state index in [0.29, 0.717) is 12.5 Å². The van der Waals surface area contributed by atoms with Crippen molar-refractivity contribution in [2.24, 2.45) is 17.6 Å². The number of nitrogens with two attached hydrogens (primary N) is 1. The lowest BCUT2D eigenvalue weighted by Crippen LogP contribution is -2.56. The van der Waals surface area contributed by atoms with Crippen LogP contribution in [-0.2, 0) is 9.59 Å². The Kier molecular flexibility index (Phi) is 12.7. The van der Waals surface area contributed by atoms with Crippen LogP contribution in [0, 0.1) is 11.8 Å². The van der Waals surface area contributed by atoms with Gasteiger partial charge in [0.1, 0.15) is 0 Å². The molecule has 0 radical (unpaired) electrons. The van der Waals surface area contributed by atoms with Crippen LogP contribution in [0.2, 0.25) is 0 Å². The zero-order valence-electron chi connectivity index (χ0n) is 16.1. The molecule has 0 saturated heterocycles. The van der Waals surface area contributed by atoms with Crippen molar-refractivity contribution in [2.45, 2.75) is 58.0 Å². The van der Waals surface area contributed by atoms with Crippen molar-refractivity contribution >= 4 is 36.6 Å². The maximum absolute atomic E-state index is 12.0. The number of likely N-dealkylation sites (N-methyl/N-ethyl adjacent to an activating group) is 1. The Balaban J connectivity index is 0. The van der Waals surface area contributed by atoms with Crippen LogP contribution in [0.4, 0.5) is 0 Å². The zero-order valence-corrected chi connectivity index (χ0v) is 17.8. The summed E-state index contributed by atoms with van der Waals surface area (Å²) < 4.78 is 0. The first kappa shape index (κ1) is 26.7. The summed E-state index contributed by atoms with van der Waals surface area (Å²) in [5.74, 6) is 0.295. The Hall–Kier alpha value is -0.560. The van der Waals surface area contributed by atoms with Gasteiger partial charge in [-0.25, -0.2) is 0 Å². The Morgan fingerprint density at radius 3 is 2.32 bits per heavy atom. The van der Waals surface area contributed by atoms with Crippen molar-refractivity contribution < 1.29 is 9.59 Å². The Bertz CT molecular complexity index is 421. The molecule has 0 aromatic heterocycles. The SMILES string of the molecule is CC1CCCC(CNC(=O)CNC(=O)[C@@H](N)C(C)C)(N(C)C)C1.Cl.Cl. The third-order valence-corrected chi connectivity index (χ3v) is 5.07. The number of rotatable bonds is 7. The number of amides is 2. The summed E-state index contributed by atoms with van der Waals surface area (Å²) in [5.41, 5.74) is 5.78. The van der Waals surface area contributed by atoms with Crippen LogP contribution in [0.1, 0.15) is 46.5 Å². The number of halogens is 2. The number of carbonyl (C=O) groups excluding carboxylic acids is 2. The fraction of sp³-hybridized carbons (Fsp3) is 0.882. The number of hydrogen-bond donors (Lipinski definition) is 3. The van der Waals surface area contributed by atoms with Gasteiger partial charge >= 0.3 is 0 Å². The molecule has 1 aliphatic rings. The van der Waals surface area contributed by atoms with E-state index in [1.165, 1.54) is 12.8 Å². The van der Waals surface area contributed by atoms with Crippen molar-refractivity contribution in [3.05, 3.63) is 0 Å². The van der Waals surface area contributed by atoms with Crippen molar-refractivity contribution in [1.82, 2.24) is 15.5 Å². The Morgan fingerprint density at radius 2 is 1.84 bits per heavy atom. The quantitative estimate of drug-likeness (QED) is 0.606. The lowest BCUT2D eigenvalue weighted by Gasteiger charge is -2.45. The number of nitrogens with one attached hydrogen (secondary N) is 2. The van der Waals surface area contributed by atoms with Gasteiger partial charge in [-0.3, -0.25) is 9.59 Å². The molecule has 1 fully saturated rings. The molecule has 2 amide bonds. The molecule has 0 aliphatic heterocycles. The normalized spacial score (nSPS) is 24.1. The summed E-state index contributed by atoms with van der Waals surface area (Å²) in [6.45, 7) is 6.64. The van der Waals surface area contributed by atoms with Gasteiger partial charge in [-0.05, 0) is 38.8 Å². The van der Waals surface area contributed by atoms with E-state index in [2.05, 4.69) is 36.6 Å². The molecule has 0 spiro atoms. The largest absolute Gasteiger partial charge is 0.353 e. The molecule has 150 valence electrons. The first-order valence-corrected chi connectivity index (χ1v) is 8.65. The third-order valence-electron chi connectivity index (χ3n) is 5.07. The molecule has 4 N–H and O–H groups in total. The molecule has 6 nitrogen and oxygen atoms in total. The molecule has 1 aliphatic carbocycles. The highest BCUT2D eigenvalue weighted by atomic mass is 35.5. The highest BCUT2D eigenvalue weighted by molar-refractivity contribution is 5.87. The van der Waals surface area contributed by atoms with Crippen molar-refractivity contribution in [2.75, 3.05) is 27.2 Å². The minimum atomic E-state index is -0.574. The van der Waals surface area contributed by atoms with Crippen LogP contribution in [0.3, 0.4) is 0 Å². The molecular formula is C17H36Cl2N4O2. The zero-order chi connectivity index (χ0) is 17.6. The van der Waals surface area contributed by atoms with Crippen LogP contribution < -0.4 is 16.4 Å². The van der Waals surface area contributed by atoms with Gasteiger partial charge in [0.25, 0.3) is 0 Å². The summed E-state index contributed by atoms with van der Waals surface area (Å²) in [7, 11) is 4.15. The summed E-state index contributed by atoms with van der Waals surface area (Å²) in [5, 5.41) is 5.59. The van der Waals surface area contributed by atoms with Gasteiger partial charge in [0.05, 0.1) is 12.6 Å². The van der Waals surface area contributed by atoms with Crippen LogP contribution in [0.25, 0.3) is 0 Å². The molecule has 8 heteroatoms. The second-order valence-corrected chi connectivity index (χ2v) is 7.58. The minimum Gasteiger partial charge on any atom is -0.353 e. The average molecular weight is 399 g/mol. The molecular weight excluding hydrogens is 363 g/mol. The summed E-state index contributed by atoms with van der Waals surface area (Å²) in [6, 6.07) is -0.574. The van der Waals surface area contributed by atoms with E-state index >= 15 is 0 Å². The molecule has 2 unspecified atom stereocenters. The van der Waals surface area contributed by atoms with E-state index in [1.807, 2.05) is 13.8 Å². The van der Waals surface area contributed by atoms with Crippen molar-refractivity contribution in [1.29, 1.82) is 0 Å². The van der Waals surface area contributed by atoms with Gasteiger partial charge < -0.3 is 21.3 Å². The molecule has 0 heterocycles. The fourth-order valence-electron chi connectivity index (χ4n) is 3.27. The van der Waals surface area contributed by atoms with Gasteiger partial charge in [-0.15, -0.1) is 24.8 Å². The number of carbonyl (C=O) groups is 2. The second-order valence-electron chi connectivity index (χ2n) is 7.58. The van der Waals surface area contributed by atoms with Gasteiger partial charge in [0.15, 0.2) is 0 Å². The molecule has 1 rings (SSSR count). The molecule has 1 saturated carbocycles. The van der Waals surface area contributed by atoms with Gasteiger partial charge in [0, 0.05) is 12.1 Å². The van der Waals surface area contributed by atoms with E-state index in [9.17, 15) is 9.59 Å². The fourth-order valence-corrected chi connectivity index (χ4v) is 3.27. The number of hydrogen-bond acceptors (Lipinski definition) is 4. The highest BCUT2D eigenvalue weighted by Crippen LogP contribution is 2.35. The second kappa shape index (κ2) is 11.9. The van der Waals surface area contributed by atoms with Crippen LogP contribution in [0.15, 0.2) is 0 Å². The maximum atomic E-state index is 12.0. The lowest BCUT2D eigenvalue weighted by molar-refractivity contribution is -0.127. The molecule has 0 aromatic rings. The topological polar surface area (TPSA) is 87.5 Å². The summed E-state index contributed by atoms with van der Waals surface area (Å²) in [4.78, 5) is 26.1. The Morgan fingerprint density at radius 1 is 1.24 bits per heavy atom. The Labute approximate surface area is 164 Å². The predicted molar refractivity (Wildman–Crippen MR) is 107 cm³/mol. The average Bonchev–Trinajstić information content (AvgIpc) is 2.49. The minimum absolute atomic E-state index is 0. The smallest absolute Gasteiger partial charge is 0.239 e. The van der Waals surface area contributed by atoms with E-state index in [-0.39, 0.29) is 54.6 Å². The van der Waals surface area contributed by atoms with E-state index in [4.69, 9.17) is 5.73 Å². The van der Waals surface area contributed by atoms with Crippen molar-refractivity contribution in [3.8, 4) is 0 Å². The van der Waals surface area contributed by atoms with Crippen LogP contribution in [-0.4, -0.2) is 55.5 Å². The van der Waals surface area contributed by atoms with E-state index < -0.39 is 6.04 Å². The summed E-state index contributed by atoms with van der Waals surface area (Å²) >= 11 is 0. The van der Waals surface area contributed by atoms with Crippen LogP contribution >= 0.6 is 24.8 Å². The predicted octanol–water partition coefficient (Wildman–Crippen LogP) is 1.56. The highest BCUT2D eigenvalue weighted by Gasteiger charge is 2.37. The van der Waals surface area contributed by atoms with Crippen molar-refractivity contribution in [3.63, 3.8) is 0 Å². The van der Waals surface area contributed by atoms with Gasteiger partial charge in [0.2, 0.25) is 11.8 Å². The lowest BCUT2D eigenvalue weighted by atomic mass is 9.75. The van der Waals surface area contributed by atoms with Gasteiger partial charge in [-0.2, -0.15) is 0 Å². The van der Waals surface area contributed by atoms with E-state index in [0.717, 1.165) is 12.8 Å². The monoisotopic (exact) mass is 398 g/mol. The standard InChI is InChI=1S/C17H34N4O2.2ClH/c1-12(2)15(18)16(23)19-10-14(22)20-11-17(21(4)5)8-6-7-13(3)9-17;;/h12-13,15H,6-11,18H2,1-5H3,(H,19,23)(H,20,22);2*1H/t13?,15-,17?;;/m0../s1. The molecule has 0 bridgehead atoms. The van der Waals surface area contributed by atoms with Crippen LogP contribution in [0.5, 0.6) is 0 Å².